The van der Waals surface area contributed by atoms with Crippen LogP contribution in [0.15, 0.2) is 18.2 Å². The van der Waals surface area contributed by atoms with Gasteiger partial charge in [-0.25, -0.2) is 4.79 Å². The van der Waals surface area contributed by atoms with Gasteiger partial charge in [0.05, 0.1) is 11.6 Å². The highest BCUT2D eigenvalue weighted by atomic mass is 35.5. The van der Waals surface area contributed by atoms with Gasteiger partial charge in [0.2, 0.25) is 0 Å². The topological polar surface area (TPSA) is 58.6 Å². The van der Waals surface area contributed by atoms with E-state index >= 15 is 0 Å². The number of benzene rings is 1. The number of halogens is 3. The van der Waals surface area contributed by atoms with Gasteiger partial charge in [0, 0.05) is 11.6 Å². The minimum absolute atomic E-state index is 0.105. The van der Waals surface area contributed by atoms with Gasteiger partial charge in [0.15, 0.2) is 0 Å². The maximum atomic E-state index is 10.4. The van der Waals surface area contributed by atoms with Crippen LogP contribution in [0.2, 0.25) is 5.02 Å². The number of hydrogen-bond acceptors (Lipinski definition) is 2. The van der Waals surface area contributed by atoms with E-state index in [1.54, 1.807) is 12.1 Å². The van der Waals surface area contributed by atoms with Gasteiger partial charge in [-0.3, -0.25) is 5.32 Å². The molecule has 98 valence electrons. The Labute approximate surface area is 119 Å². The summed E-state index contributed by atoms with van der Waals surface area (Å²) in [6.07, 6.45) is -0.446. The molecule has 4 nitrogen and oxygen atoms in total. The second-order valence-corrected chi connectivity index (χ2v) is 6.00. The Morgan fingerprint density at radius 2 is 2.22 bits per heavy atom. The van der Waals surface area contributed by atoms with E-state index in [0.29, 0.717) is 29.5 Å². The van der Waals surface area contributed by atoms with E-state index in [0.717, 1.165) is 0 Å². The Morgan fingerprint density at radius 1 is 1.56 bits per heavy atom. The van der Waals surface area contributed by atoms with Crippen molar-refractivity contribution in [3.8, 4) is 5.75 Å². The summed E-state index contributed by atoms with van der Waals surface area (Å²) in [5.41, 5.74) is 0.385. The minimum atomic E-state index is -1.15. The monoisotopic (exact) mass is 309 g/mol. The lowest BCUT2D eigenvalue weighted by Gasteiger charge is -2.09. The summed E-state index contributed by atoms with van der Waals surface area (Å²) in [5, 5.41) is 11.1. The number of alkyl halides is 2. The molecule has 1 aromatic rings. The van der Waals surface area contributed by atoms with E-state index in [1.807, 2.05) is 0 Å². The molecular weight excluding hydrogens is 300 g/mol. The van der Waals surface area contributed by atoms with Gasteiger partial charge < -0.3 is 9.84 Å². The minimum Gasteiger partial charge on any atom is -0.492 e. The van der Waals surface area contributed by atoms with Gasteiger partial charge in [-0.1, -0.05) is 11.6 Å². The predicted octanol–water partition coefficient (Wildman–Crippen LogP) is 4.00. The van der Waals surface area contributed by atoms with Gasteiger partial charge in [0.1, 0.15) is 10.1 Å². The highest BCUT2D eigenvalue weighted by Crippen LogP contribution is 2.53. The molecule has 0 spiro atoms. The van der Waals surface area contributed by atoms with Crippen molar-refractivity contribution in [2.45, 2.75) is 10.8 Å². The molecule has 0 aromatic heterocycles. The maximum Gasteiger partial charge on any atom is 0.409 e. The van der Waals surface area contributed by atoms with Crippen molar-refractivity contribution >= 4 is 46.6 Å². The quantitative estimate of drug-likeness (QED) is 0.826. The van der Waals surface area contributed by atoms with Crippen LogP contribution in [-0.2, 0) is 0 Å². The summed E-state index contributed by atoms with van der Waals surface area (Å²) in [6, 6.07) is 4.64. The van der Waals surface area contributed by atoms with E-state index in [2.05, 4.69) is 5.32 Å². The lowest BCUT2D eigenvalue weighted by Crippen LogP contribution is -2.08. The molecular formula is C11H10Cl3NO3. The molecule has 18 heavy (non-hydrogen) atoms. The molecule has 7 heteroatoms. The highest BCUT2D eigenvalue weighted by molar-refractivity contribution is 6.50. The van der Waals surface area contributed by atoms with Gasteiger partial charge in [-0.15, -0.1) is 23.2 Å². The van der Waals surface area contributed by atoms with Crippen LogP contribution in [0.25, 0.3) is 0 Å². The third-order valence-electron chi connectivity index (χ3n) is 2.58. The van der Waals surface area contributed by atoms with Crippen LogP contribution in [0.5, 0.6) is 5.75 Å². The Balaban J connectivity index is 1.95. The van der Waals surface area contributed by atoms with Crippen molar-refractivity contribution in [2.24, 2.45) is 5.92 Å². The first kappa shape index (κ1) is 13.6. The molecule has 0 heterocycles. The molecule has 1 unspecified atom stereocenters. The Morgan fingerprint density at radius 3 is 2.72 bits per heavy atom. The average Bonchev–Trinajstić information content (AvgIpc) is 2.84. The van der Waals surface area contributed by atoms with Crippen LogP contribution in [0, 0.1) is 5.92 Å². The van der Waals surface area contributed by atoms with Crippen LogP contribution < -0.4 is 10.1 Å². The molecule has 1 aromatic carbocycles. The second-order valence-electron chi connectivity index (χ2n) is 4.05. The number of ether oxygens (including phenoxy) is 1. The SMILES string of the molecule is O=C(O)Nc1ccc(OCC2CC2(Cl)Cl)c(Cl)c1. The van der Waals surface area contributed by atoms with E-state index in [1.165, 1.54) is 6.07 Å². The number of nitrogens with one attached hydrogen (secondary N) is 1. The van der Waals surface area contributed by atoms with Crippen molar-refractivity contribution < 1.29 is 14.6 Å². The molecule has 0 bridgehead atoms. The number of rotatable bonds is 4. The number of amides is 1. The van der Waals surface area contributed by atoms with Crippen molar-refractivity contribution in [3.63, 3.8) is 0 Å². The zero-order valence-corrected chi connectivity index (χ0v) is 11.4. The van der Waals surface area contributed by atoms with Gasteiger partial charge in [-0.2, -0.15) is 0 Å². The number of hydrogen-bond donors (Lipinski definition) is 2. The van der Waals surface area contributed by atoms with Crippen LogP contribution in [-0.4, -0.2) is 22.1 Å². The largest absolute Gasteiger partial charge is 0.492 e. The first-order valence-corrected chi connectivity index (χ1v) is 6.32. The van der Waals surface area contributed by atoms with E-state index < -0.39 is 10.4 Å². The lowest BCUT2D eigenvalue weighted by molar-refractivity contribution is 0.209. The third-order valence-corrected chi connectivity index (χ3v) is 3.80. The Hall–Kier alpha value is -0.840. The molecule has 1 amide bonds. The summed E-state index contributed by atoms with van der Waals surface area (Å²) < 4.78 is 4.80. The fourth-order valence-electron chi connectivity index (χ4n) is 1.46. The lowest BCUT2D eigenvalue weighted by atomic mass is 10.3. The maximum absolute atomic E-state index is 10.4. The molecule has 1 saturated carbocycles. The van der Waals surface area contributed by atoms with Crippen LogP contribution in [0.1, 0.15) is 6.42 Å². The van der Waals surface area contributed by atoms with E-state index in [9.17, 15) is 4.79 Å². The number of anilines is 1. The summed E-state index contributed by atoms with van der Waals surface area (Å²) in [6.45, 7) is 0.387. The molecule has 2 N–H and O–H groups in total. The van der Waals surface area contributed by atoms with Gasteiger partial charge in [0.25, 0.3) is 0 Å². The van der Waals surface area contributed by atoms with Crippen molar-refractivity contribution in [2.75, 3.05) is 11.9 Å². The first-order chi connectivity index (χ1) is 8.38. The first-order valence-electron chi connectivity index (χ1n) is 5.18. The van der Waals surface area contributed by atoms with Gasteiger partial charge >= 0.3 is 6.09 Å². The molecule has 1 fully saturated rings. The molecule has 0 saturated heterocycles. The molecule has 2 rings (SSSR count). The highest BCUT2D eigenvalue weighted by Gasteiger charge is 2.52. The predicted molar refractivity (Wildman–Crippen MR) is 71.1 cm³/mol. The molecule has 1 aliphatic carbocycles. The Kier molecular flexibility index (Phi) is 3.80. The normalized spacial score (nSPS) is 20.3. The van der Waals surface area contributed by atoms with E-state index in [-0.39, 0.29) is 5.92 Å². The third kappa shape index (κ3) is 3.34. The van der Waals surface area contributed by atoms with E-state index in [4.69, 9.17) is 44.6 Å². The number of carboxylic acid groups (broad SMARTS) is 1. The second kappa shape index (κ2) is 5.03. The zero-order chi connectivity index (χ0) is 13.3. The molecule has 0 aliphatic heterocycles. The Bertz CT molecular complexity index is 479. The summed E-state index contributed by atoms with van der Waals surface area (Å²) in [7, 11) is 0. The fourth-order valence-corrected chi connectivity index (χ4v) is 2.19. The molecule has 1 aliphatic rings. The van der Waals surface area contributed by atoms with Crippen molar-refractivity contribution in [3.05, 3.63) is 23.2 Å². The van der Waals surface area contributed by atoms with Crippen LogP contribution in [0.4, 0.5) is 10.5 Å². The van der Waals surface area contributed by atoms with Crippen LogP contribution >= 0.6 is 34.8 Å². The van der Waals surface area contributed by atoms with Crippen molar-refractivity contribution in [1.29, 1.82) is 0 Å². The fraction of sp³-hybridized carbons (Fsp3) is 0.364. The molecule has 1 atom stereocenters. The smallest absolute Gasteiger partial charge is 0.409 e. The van der Waals surface area contributed by atoms with Gasteiger partial charge in [-0.05, 0) is 24.6 Å². The van der Waals surface area contributed by atoms with Crippen molar-refractivity contribution in [1.82, 2.24) is 0 Å². The van der Waals surface area contributed by atoms with Crippen LogP contribution in [0.3, 0.4) is 0 Å². The average molecular weight is 311 g/mol. The zero-order valence-electron chi connectivity index (χ0n) is 9.12. The molecule has 0 radical (unpaired) electrons. The number of carbonyl (C=O) groups is 1. The summed E-state index contributed by atoms with van der Waals surface area (Å²) >= 11 is 17.7. The standard InChI is InChI=1S/C11H10Cl3NO3/c12-8-3-7(15-10(16)17)1-2-9(8)18-5-6-4-11(6,13)14/h1-3,6,15H,4-5H2,(H,16,17). The summed E-state index contributed by atoms with van der Waals surface area (Å²) in [4.78, 5) is 10.4. The summed E-state index contributed by atoms with van der Waals surface area (Å²) in [5.74, 6) is 0.581.